The van der Waals surface area contributed by atoms with Crippen LogP contribution in [0.3, 0.4) is 0 Å². The highest BCUT2D eigenvalue weighted by molar-refractivity contribution is 6.04. The Labute approximate surface area is 135 Å². The van der Waals surface area contributed by atoms with Crippen LogP contribution in [0.15, 0.2) is 60.8 Å². The van der Waals surface area contributed by atoms with Gasteiger partial charge >= 0.3 is 0 Å². The number of aromatic nitrogens is 2. The number of hydrogen-bond donors (Lipinski definition) is 1. The van der Waals surface area contributed by atoms with E-state index >= 15 is 0 Å². The van der Waals surface area contributed by atoms with Gasteiger partial charge in [0.25, 0.3) is 5.91 Å². The average Bonchev–Trinajstić information content (AvgIpc) is 2.94. The maximum absolute atomic E-state index is 12.4. The number of hydrogen-bond acceptors (Lipinski definition) is 2. The number of rotatable bonds is 4. The topological polar surface area (TPSA) is 46.9 Å². The summed E-state index contributed by atoms with van der Waals surface area (Å²) in [5.74, 6) is 0.578. The Bertz CT molecular complexity index is 836. The molecule has 4 heteroatoms. The second kappa shape index (κ2) is 6.48. The standard InChI is InChI=1S/C19H19N3O/c1-14-6-5-8-16(12-14)13-22-18(10-11-20-22)21-19(23)17-9-4-3-7-15(17)2/h3-12H,13H2,1-2H3,(H,21,23). The average molecular weight is 305 g/mol. The molecule has 0 aliphatic heterocycles. The molecule has 1 N–H and O–H groups in total. The number of amides is 1. The lowest BCUT2D eigenvalue weighted by molar-refractivity contribution is 0.102. The van der Waals surface area contributed by atoms with Gasteiger partial charge in [0.05, 0.1) is 12.7 Å². The minimum Gasteiger partial charge on any atom is -0.307 e. The van der Waals surface area contributed by atoms with Crippen LogP contribution in [0.5, 0.6) is 0 Å². The lowest BCUT2D eigenvalue weighted by Crippen LogP contribution is -2.17. The van der Waals surface area contributed by atoms with Crippen molar-refractivity contribution >= 4 is 11.7 Å². The van der Waals surface area contributed by atoms with Crippen molar-refractivity contribution in [2.75, 3.05) is 5.32 Å². The smallest absolute Gasteiger partial charge is 0.257 e. The van der Waals surface area contributed by atoms with Crippen molar-refractivity contribution in [3.63, 3.8) is 0 Å². The molecule has 2 aromatic carbocycles. The first kappa shape index (κ1) is 15.0. The summed E-state index contributed by atoms with van der Waals surface area (Å²) in [7, 11) is 0. The number of anilines is 1. The molecule has 0 atom stereocenters. The van der Waals surface area contributed by atoms with Gasteiger partial charge in [0.15, 0.2) is 0 Å². The molecule has 0 fully saturated rings. The molecule has 1 heterocycles. The van der Waals surface area contributed by atoms with Crippen molar-refractivity contribution in [2.24, 2.45) is 0 Å². The van der Waals surface area contributed by atoms with Crippen LogP contribution in [0.4, 0.5) is 5.82 Å². The Morgan fingerprint density at radius 1 is 1.09 bits per heavy atom. The largest absolute Gasteiger partial charge is 0.307 e. The minimum absolute atomic E-state index is 0.117. The molecule has 0 bridgehead atoms. The van der Waals surface area contributed by atoms with Crippen molar-refractivity contribution < 1.29 is 4.79 Å². The second-order valence-corrected chi connectivity index (χ2v) is 5.63. The normalized spacial score (nSPS) is 10.5. The molecule has 3 aromatic rings. The fourth-order valence-electron chi connectivity index (χ4n) is 2.56. The predicted octanol–water partition coefficient (Wildman–Crippen LogP) is 3.80. The molecule has 3 rings (SSSR count). The maximum atomic E-state index is 12.4. The predicted molar refractivity (Wildman–Crippen MR) is 91.6 cm³/mol. The number of nitrogens with zero attached hydrogens (tertiary/aromatic N) is 2. The molecule has 1 aromatic heterocycles. The van der Waals surface area contributed by atoms with Gasteiger partial charge in [0, 0.05) is 11.6 Å². The van der Waals surface area contributed by atoms with E-state index in [1.54, 1.807) is 10.9 Å². The van der Waals surface area contributed by atoms with Gasteiger partial charge in [0.1, 0.15) is 5.82 Å². The van der Waals surface area contributed by atoms with E-state index in [1.165, 1.54) is 5.56 Å². The highest BCUT2D eigenvalue weighted by Crippen LogP contribution is 2.14. The van der Waals surface area contributed by atoms with Crippen molar-refractivity contribution in [1.29, 1.82) is 0 Å². The quantitative estimate of drug-likeness (QED) is 0.797. The highest BCUT2D eigenvalue weighted by Gasteiger charge is 2.11. The van der Waals surface area contributed by atoms with Gasteiger partial charge < -0.3 is 5.32 Å². The lowest BCUT2D eigenvalue weighted by Gasteiger charge is -2.10. The number of nitrogens with one attached hydrogen (secondary N) is 1. The summed E-state index contributed by atoms with van der Waals surface area (Å²) < 4.78 is 1.80. The molecular weight excluding hydrogens is 286 g/mol. The Balaban J connectivity index is 1.79. The molecule has 0 aliphatic rings. The molecule has 23 heavy (non-hydrogen) atoms. The van der Waals surface area contributed by atoms with E-state index in [1.807, 2.05) is 43.3 Å². The Hall–Kier alpha value is -2.88. The summed E-state index contributed by atoms with van der Waals surface area (Å²) in [6.45, 7) is 4.62. The van der Waals surface area contributed by atoms with Crippen LogP contribution in [0.2, 0.25) is 0 Å². The Morgan fingerprint density at radius 3 is 2.70 bits per heavy atom. The summed E-state index contributed by atoms with van der Waals surface area (Å²) >= 11 is 0. The Kier molecular flexibility index (Phi) is 4.24. The summed E-state index contributed by atoms with van der Waals surface area (Å²) in [5, 5.41) is 7.26. The van der Waals surface area contributed by atoms with E-state index in [9.17, 15) is 4.79 Å². The molecule has 4 nitrogen and oxygen atoms in total. The number of benzene rings is 2. The van der Waals surface area contributed by atoms with Gasteiger partial charge in [-0.1, -0.05) is 48.0 Å². The molecule has 0 radical (unpaired) electrons. The zero-order valence-corrected chi connectivity index (χ0v) is 13.3. The fourth-order valence-corrected chi connectivity index (χ4v) is 2.56. The van der Waals surface area contributed by atoms with E-state index in [4.69, 9.17) is 0 Å². The third-order valence-electron chi connectivity index (χ3n) is 3.76. The van der Waals surface area contributed by atoms with Gasteiger partial charge in [0.2, 0.25) is 0 Å². The monoisotopic (exact) mass is 305 g/mol. The third-order valence-corrected chi connectivity index (χ3v) is 3.76. The third kappa shape index (κ3) is 3.48. The first-order chi connectivity index (χ1) is 11.1. The van der Waals surface area contributed by atoms with Crippen molar-refractivity contribution in [3.8, 4) is 0 Å². The zero-order valence-electron chi connectivity index (χ0n) is 13.3. The Morgan fingerprint density at radius 2 is 1.91 bits per heavy atom. The van der Waals surface area contributed by atoms with Crippen molar-refractivity contribution in [2.45, 2.75) is 20.4 Å². The highest BCUT2D eigenvalue weighted by atomic mass is 16.1. The van der Waals surface area contributed by atoms with Gasteiger partial charge in [-0.3, -0.25) is 4.79 Å². The van der Waals surface area contributed by atoms with Crippen LogP contribution in [0.25, 0.3) is 0 Å². The van der Waals surface area contributed by atoms with E-state index < -0.39 is 0 Å². The van der Waals surface area contributed by atoms with Crippen molar-refractivity contribution in [3.05, 3.63) is 83.0 Å². The van der Waals surface area contributed by atoms with Gasteiger partial charge in [-0.15, -0.1) is 0 Å². The van der Waals surface area contributed by atoms with E-state index in [-0.39, 0.29) is 5.91 Å². The number of aryl methyl sites for hydroxylation is 2. The first-order valence-electron chi connectivity index (χ1n) is 7.58. The van der Waals surface area contributed by atoms with E-state index in [0.717, 1.165) is 11.1 Å². The van der Waals surface area contributed by atoms with Crippen LogP contribution in [-0.2, 0) is 6.54 Å². The number of carbonyl (C=O) groups excluding carboxylic acids is 1. The molecule has 0 aliphatic carbocycles. The molecule has 0 spiro atoms. The summed E-state index contributed by atoms with van der Waals surface area (Å²) in [6.07, 6.45) is 1.70. The van der Waals surface area contributed by atoms with Gasteiger partial charge in [-0.05, 0) is 31.0 Å². The molecule has 0 saturated heterocycles. The number of carbonyl (C=O) groups is 1. The van der Waals surface area contributed by atoms with Crippen LogP contribution < -0.4 is 5.32 Å². The summed E-state index contributed by atoms with van der Waals surface area (Å²) in [5.41, 5.74) is 3.99. The van der Waals surface area contributed by atoms with Crippen LogP contribution >= 0.6 is 0 Å². The molecular formula is C19H19N3O. The molecule has 116 valence electrons. The van der Waals surface area contributed by atoms with Crippen molar-refractivity contribution in [1.82, 2.24) is 9.78 Å². The maximum Gasteiger partial charge on any atom is 0.257 e. The van der Waals surface area contributed by atoms with Gasteiger partial charge in [-0.25, -0.2) is 4.68 Å². The minimum atomic E-state index is -0.117. The van der Waals surface area contributed by atoms with Gasteiger partial charge in [-0.2, -0.15) is 5.10 Å². The van der Waals surface area contributed by atoms with Crippen LogP contribution in [0.1, 0.15) is 27.0 Å². The summed E-state index contributed by atoms with van der Waals surface area (Å²) in [4.78, 5) is 12.4. The SMILES string of the molecule is Cc1cccc(Cn2nccc2NC(=O)c2ccccc2C)c1. The van der Waals surface area contributed by atoms with Crippen LogP contribution in [0, 0.1) is 13.8 Å². The first-order valence-corrected chi connectivity index (χ1v) is 7.58. The summed E-state index contributed by atoms with van der Waals surface area (Å²) in [6, 6.07) is 17.6. The zero-order chi connectivity index (χ0) is 16.2. The molecule has 1 amide bonds. The van der Waals surface area contributed by atoms with E-state index in [2.05, 4.69) is 35.5 Å². The second-order valence-electron chi connectivity index (χ2n) is 5.63. The fraction of sp³-hybridized carbons (Fsp3) is 0.158. The van der Waals surface area contributed by atoms with Crippen LogP contribution in [-0.4, -0.2) is 15.7 Å². The van der Waals surface area contributed by atoms with E-state index in [0.29, 0.717) is 17.9 Å². The molecule has 0 saturated carbocycles. The molecule has 0 unspecified atom stereocenters. The lowest BCUT2D eigenvalue weighted by atomic mass is 10.1.